The minimum Gasteiger partial charge on any atom is -0.372 e. The van der Waals surface area contributed by atoms with Crippen LogP contribution < -0.4 is 4.90 Å². The van der Waals surface area contributed by atoms with Crippen molar-refractivity contribution in [3.8, 4) is 0 Å². The smallest absolute Gasteiger partial charge is 0.272 e. The molecule has 0 saturated carbocycles. The number of anilines is 1. The number of carbonyl (C=O) groups excluding carboxylic acids is 2. The molecule has 6 nitrogen and oxygen atoms in total. The fraction of sp³-hybridized carbons (Fsp3) is 0.533. The second kappa shape index (κ2) is 7.06. The fourth-order valence-electron chi connectivity index (χ4n) is 2.51. The van der Waals surface area contributed by atoms with Crippen LogP contribution >= 0.6 is 0 Å². The van der Waals surface area contributed by atoms with Gasteiger partial charge in [0.1, 0.15) is 5.69 Å². The van der Waals surface area contributed by atoms with Gasteiger partial charge in [0.2, 0.25) is 6.41 Å². The van der Waals surface area contributed by atoms with Gasteiger partial charge in [-0.05, 0) is 26.0 Å². The van der Waals surface area contributed by atoms with Gasteiger partial charge >= 0.3 is 0 Å². The first-order valence-corrected chi connectivity index (χ1v) is 7.39. The Hall–Kier alpha value is -2.11. The van der Waals surface area contributed by atoms with Crippen molar-refractivity contribution in [2.45, 2.75) is 13.8 Å². The van der Waals surface area contributed by atoms with Crippen molar-refractivity contribution in [2.24, 2.45) is 0 Å². The molecule has 0 atom stereocenters. The maximum Gasteiger partial charge on any atom is 0.272 e. The summed E-state index contributed by atoms with van der Waals surface area (Å²) in [7, 11) is 0. The molecule has 2 heterocycles. The molecule has 0 aliphatic carbocycles. The maximum atomic E-state index is 12.5. The largest absolute Gasteiger partial charge is 0.372 e. The molecule has 1 saturated heterocycles. The van der Waals surface area contributed by atoms with Gasteiger partial charge in [-0.2, -0.15) is 0 Å². The minimum absolute atomic E-state index is 0.0606. The molecule has 1 fully saturated rings. The van der Waals surface area contributed by atoms with Gasteiger partial charge in [0.05, 0.1) is 0 Å². The van der Waals surface area contributed by atoms with Crippen molar-refractivity contribution >= 4 is 18.0 Å². The Balaban J connectivity index is 2.09. The normalized spacial score (nSPS) is 15.0. The zero-order chi connectivity index (χ0) is 15.2. The molecule has 6 heteroatoms. The average molecular weight is 290 g/mol. The zero-order valence-corrected chi connectivity index (χ0v) is 12.7. The van der Waals surface area contributed by atoms with Crippen LogP contribution in [0.25, 0.3) is 0 Å². The van der Waals surface area contributed by atoms with Crippen molar-refractivity contribution < 1.29 is 9.59 Å². The van der Waals surface area contributed by atoms with Gasteiger partial charge in [-0.25, -0.2) is 0 Å². The van der Waals surface area contributed by atoms with Crippen LogP contribution in [0.15, 0.2) is 18.3 Å². The Morgan fingerprint density at radius 2 is 1.95 bits per heavy atom. The second-order valence-corrected chi connectivity index (χ2v) is 5.01. The molecule has 0 bridgehead atoms. The monoisotopic (exact) mass is 290 g/mol. The number of piperazine rings is 1. The van der Waals surface area contributed by atoms with Crippen molar-refractivity contribution in [3.63, 3.8) is 0 Å². The molecule has 114 valence electrons. The molecule has 0 radical (unpaired) electrons. The molecular weight excluding hydrogens is 268 g/mol. The topological polar surface area (TPSA) is 56.8 Å². The molecule has 0 unspecified atom stereocenters. The predicted molar refractivity (Wildman–Crippen MR) is 81.3 cm³/mol. The highest BCUT2D eigenvalue weighted by Gasteiger charge is 2.22. The Labute approximate surface area is 125 Å². The van der Waals surface area contributed by atoms with E-state index < -0.39 is 0 Å². The molecule has 1 aliphatic rings. The molecule has 0 spiro atoms. The van der Waals surface area contributed by atoms with Gasteiger partial charge in [-0.1, -0.05) is 0 Å². The van der Waals surface area contributed by atoms with Crippen LogP contribution in [-0.4, -0.2) is 66.4 Å². The van der Waals surface area contributed by atoms with Gasteiger partial charge in [0.25, 0.3) is 5.91 Å². The highest BCUT2D eigenvalue weighted by atomic mass is 16.2. The van der Waals surface area contributed by atoms with Gasteiger partial charge in [-0.3, -0.25) is 14.6 Å². The lowest BCUT2D eigenvalue weighted by Gasteiger charge is -2.32. The molecule has 1 aromatic heterocycles. The van der Waals surface area contributed by atoms with Crippen LogP contribution in [0.4, 0.5) is 5.69 Å². The van der Waals surface area contributed by atoms with E-state index in [2.05, 4.69) is 23.7 Å². The van der Waals surface area contributed by atoms with E-state index in [1.165, 1.54) is 0 Å². The Morgan fingerprint density at radius 1 is 1.29 bits per heavy atom. The molecule has 21 heavy (non-hydrogen) atoms. The first-order valence-electron chi connectivity index (χ1n) is 7.39. The Kier molecular flexibility index (Phi) is 5.14. The summed E-state index contributed by atoms with van der Waals surface area (Å²) in [6, 6.07) is 3.77. The molecular formula is C15H22N4O2. The van der Waals surface area contributed by atoms with E-state index in [0.29, 0.717) is 31.9 Å². The molecule has 2 amide bonds. The standard InChI is InChI=1S/C15H22N4O2/c1-3-18(4-2)13-5-6-16-14(11-13)15(21)19-9-7-17(12-20)8-10-19/h5-6,11-12H,3-4,7-10H2,1-2H3. The SMILES string of the molecule is CCN(CC)c1ccnc(C(=O)N2CCN(C=O)CC2)c1. The van der Waals surface area contributed by atoms with Crippen LogP contribution in [0.5, 0.6) is 0 Å². The van der Waals surface area contributed by atoms with E-state index in [1.54, 1.807) is 16.0 Å². The van der Waals surface area contributed by atoms with Crippen LogP contribution in [0.3, 0.4) is 0 Å². The van der Waals surface area contributed by atoms with E-state index in [1.807, 2.05) is 12.1 Å². The summed E-state index contributed by atoms with van der Waals surface area (Å²) < 4.78 is 0. The summed E-state index contributed by atoms with van der Waals surface area (Å²) in [5, 5.41) is 0. The van der Waals surface area contributed by atoms with Crippen molar-refractivity contribution in [2.75, 3.05) is 44.2 Å². The van der Waals surface area contributed by atoms with Crippen molar-refractivity contribution in [1.82, 2.24) is 14.8 Å². The summed E-state index contributed by atoms with van der Waals surface area (Å²) in [4.78, 5) is 33.0. The predicted octanol–water partition coefficient (Wildman–Crippen LogP) is 0.842. The van der Waals surface area contributed by atoms with Crippen molar-refractivity contribution in [3.05, 3.63) is 24.0 Å². The summed E-state index contributed by atoms with van der Waals surface area (Å²) >= 11 is 0. The van der Waals surface area contributed by atoms with Gasteiger partial charge < -0.3 is 14.7 Å². The summed E-state index contributed by atoms with van der Waals surface area (Å²) in [5.41, 5.74) is 1.49. The summed E-state index contributed by atoms with van der Waals surface area (Å²) in [5.74, 6) is -0.0606. The number of pyridine rings is 1. The molecule has 1 aromatic rings. The summed E-state index contributed by atoms with van der Waals surface area (Å²) in [6.45, 7) is 8.27. The molecule has 1 aliphatic heterocycles. The van der Waals surface area contributed by atoms with Crippen LogP contribution in [-0.2, 0) is 4.79 Å². The van der Waals surface area contributed by atoms with Gasteiger partial charge in [-0.15, -0.1) is 0 Å². The third-order valence-electron chi connectivity index (χ3n) is 3.84. The van der Waals surface area contributed by atoms with E-state index in [0.717, 1.165) is 25.2 Å². The number of carbonyl (C=O) groups is 2. The van der Waals surface area contributed by atoms with Gasteiger partial charge in [0, 0.05) is 51.2 Å². The lowest BCUT2D eigenvalue weighted by molar-refractivity contribution is -0.119. The van der Waals surface area contributed by atoms with E-state index >= 15 is 0 Å². The number of rotatable bonds is 5. The first-order chi connectivity index (χ1) is 10.2. The van der Waals surface area contributed by atoms with Crippen LogP contribution in [0.1, 0.15) is 24.3 Å². The van der Waals surface area contributed by atoms with E-state index in [-0.39, 0.29) is 5.91 Å². The third-order valence-corrected chi connectivity index (χ3v) is 3.84. The average Bonchev–Trinajstić information content (AvgIpc) is 2.56. The van der Waals surface area contributed by atoms with E-state index in [9.17, 15) is 9.59 Å². The number of hydrogen-bond donors (Lipinski definition) is 0. The lowest BCUT2D eigenvalue weighted by atomic mass is 10.2. The maximum absolute atomic E-state index is 12.5. The minimum atomic E-state index is -0.0606. The molecule has 0 N–H and O–H groups in total. The van der Waals surface area contributed by atoms with Gasteiger partial charge in [0.15, 0.2) is 0 Å². The van der Waals surface area contributed by atoms with Crippen molar-refractivity contribution in [1.29, 1.82) is 0 Å². The molecule has 0 aromatic carbocycles. The highest BCUT2D eigenvalue weighted by molar-refractivity contribution is 5.93. The number of aromatic nitrogens is 1. The molecule has 2 rings (SSSR count). The zero-order valence-electron chi connectivity index (χ0n) is 12.7. The lowest BCUT2D eigenvalue weighted by Crippen LogP contribution is -2.48. The Bertz CT molecular complexity index is 494. The van der Waals surface area contributed by atoms with E-state index in [4.69, 9.17) is 0 Å². The first kappa shape index (κ1) is 15.3. The Morgan fingerprint density at radius 3 is 2.52 bits per heavy atom. The number of nitrogens with zero attached hydrogens (tertiary/aromatic N) is 4. The second-order valence-electron chi connectivity index (χ2n) is 5.01. The summed E-state index contributed by atoms with van der Waals surface area (Å²) in [6.07, 6.45) is 2.52. The fourth-order valence-corrected chi connectivity index (χ4v) is 2.51. The third kappa shape index (κ3) is 3.51. The number of amides is 2. The van der Waals surface area contributed by atoms with Crippen LogP contribution in [0, 0.1) is 0 Å². The highest BCUT2D eigenvalue weighted by Crippen LogP contribution is 2.16. The number of hydrogen-bond acceptors (Lipinski definition) is 4. The van der Waals surface area contributed by atoms with Crippen LogP contribution in [0.2, 0.25) is 0 Å². The quantitative estimate of drug-likeness (QED) is 0.754.